The van der Waals surface area contributed by atoms with Crippen LogP contribution in [0.15, 0.2) is 18.2 Å². The van der Waals surface area contributed by atoms with Gasteiger partial charge in [0, 0.05) is 12.1 Å². The quantitative estimate of drug-likeness (QED) is 0.862. The lowest BCUT2D eigenvalue weighted by Crippen LogP contribution is -2.38. The Morgan fingerprint density at radius 1 is 1.35 bits per heavy atom. The molecule has 2 nitrogen and oxygen atoms in total. The fraction of sp³-hybridized carbons (Fsp3) is 0.571. The van der Waals surface area contributed by atoms with Crippen molar-refractivity contribution in [3.63, 3.8) is 0 Å². The lowest BCUT2D eigenvalue weighted by molar-refractivity contribution is 0.211. The number of ether oxygens (including phenoxy) is 1. The Morgan fingerprint density at radius 2 is 2.06 bits per heavy atom. The molecule has 0 atom stereocenters. The first-order valence-electron chi connectivity index (χ1n) is 6.20. The highest BCUT2D eigenvalue weighted by Gasteiger charge is 2.31. The summed E-state index contributed by atoms with van der Waals surface area (Å²) in [6.07, 6.45) is 2.27. The Hall–Kier alpha value is -1.25. The van der Waals surface area contributed by atoms with Crippen molar-refractivity contribution >= 4 is 5.69 Å². The predicted molar refractivity (Wildman–Crippen MR) is 67.9 cm³/mol. The van der Waals surface area contributed by atoms with Crippen LogP contribution in [0.25, 0.3) is 0 Å². The monoisotopic (exact) mass is 237 g/mol. The molecule has 0 unspecified atom stereocenters. The molecule has 1 aromatic carbocycles. The molecular formula is C14H20FNO. The van der Waals surface area contributed by atoms with Crippen molar-refractivity contribution in [3.8, 4) is 5.75 Å². The molecule has 1 fully saturated rings. The first-order chi connectivity index (χ1) is 8.10. The lowest BCUT2D eigenvalue weighted by atomic mass is 9.73. The average Bonchev–Trinajstić information content (AvgIpc) is 2.24. The van der Waals surface area contributed by atoms with Gasteiger partial charge < -0.3 is 10.1 Å². The van der Waals surface area contributed by atoms with Gasteiger partial charge in [0.2, 0.25) is 0 Å². The van der Waals surface area contributed by atoms with Gasteiger partial charge in [0.15, 0.2) is 0 Å². The molecule has 0 saturated heterocycles. The summed E-state index contributed by atoms with van der Waals surface area (Å²) in [5.74, 6) is 1.98. The van der Waals surface area contributed by atoms with Gasteiger partial charge in [-0.2, -0.15) is 0 Å². The summed E-state index contributed by atoms with van der Waals surface area (Å²) in [6.45, 7) is 4.49. The fourth-order valence-electron chi connectivity index (χ4n) is 2.29. The van der Waals surface area contributed by atoms with Gasteiger partial charge in [0.05, 0.1) is 12.8 Å². The van der Waals surface area contributed by atoms with Crippen LogP contribution < -0.4 is 10.1 Å². The first kappa shape index (κ1) is 12.2. The number of anilines is 1. The molecule has 0 radical (unpaired) electrons. The average molecular weight is 237 g/mol. The van der Waals surface area contributed by atoms with Crippen LogP contribution in [0.1, 0.15) is 26.7 Å². The van der Waals surface area contributed by atoms with Crippen molar-refractivity contribution < 1.29 is 9.13 Å². The molecule has 1 aliphatic rings. The summed E-state index contributed by atoms with van der Waals surface area (Å²) in [5.41, 5.74) is 0.552. The van der Waals surface area contributed by atoms with Crippen LogP contribution in [0, 0.1) is 17.7 Å². The van der Waals surface area contributed by atoms with E-state index in [9.17, 15) is 4.39 Å². The van der Waals surface area contributed by atoms with Gasteiger partial charge in [-0.1, -0.05) is 13.8 Å². The van der Waals surface area contributed by atoms with Crippen LogP contribution in [0.4, 0.5) is 10.1 Å². The normalized spacial score (nSPS) is 23.4. The molecule has 1 aromatic rings. The van der Waals surface area contributed by atoms with Crippen molar-refractivity contribution in [2.24, 2.45) is 11.8 Å². The Kier molecular flexibility index (Phi) is 3.55. The molecule has 0 spiro atoms. The van der Waals surface area contributed by atoms with E-state index < -0.39 is 0 Å². The Balaban J connectivity index is 1.96. The van der Waals surface area contributed by atoms with Crippen LogP contribution >= 0.6 is 0 Å². The highest BCUT2D eigenvalue weighted by Crippen LogP contribution is 2.36. The van der Waals surface area contributed by atoms with Gasteiger partial charge >= 0.3 is 0 Å². The van der Waals surface area contributed by atoms with E-state index in [4.69, 9.17) is 4.74 Å². The third-order valence-corrected chi connectivity index (χ3v) is 3.65. The summed E-state index contributed by atoms with van der Waals surface area (Å²) in [6, 6.07) is 5.21. The number of hydrogen-bond acceptors (Lipinski definition) is 2. The Morgan fingerprint density at radius 3 is 2.65 bits per heavy atom. The zero-order chi connectivity index (χ0) is 12.4. The van der Waals surface area contributed by atoms with Crippen molar-refractivity contribution in [2.45, 2.75) is 32.7 Å². The Bertz CT molecular complexity index is 386. The van der Waals surface area contributed by atoms with Gasteiger partial charge in [0.25, 0.3) is 0 Å². The number of rotatable bonds is 4. The van der Waals surface area contributed by atoms with Crippen LogP contribution in [0.5, 0.6) is 5.75 Å². The van der Waals surface area contributed by atoms with Gasteiger partial charge in [-0.25, -0.2) is 4.39 Å². The maximum atomic E-state index is 13.6. The second-order valence-corrected chi connectivity index (χ2v) is 5.16. The van der Waals surface area contributed by atoms with E-state index in [1.165, 1.54) is 6.07 Å². The molecule has 0 bridgehead atoms. The van der Waals surface area contributed by atoms with Crippen LogP contribution in [-0.4, -0.2) is 13.2 Å². The second kappa shape index (κ2) is 4.94. The summed E-state index contributed by atoms with van der Waals surface area (Å²) in [4.78, 5) is 0. The van der Waals surface area contributed by atoms with Crippen molar-refractivity contribution in [2.75, 3.05) is 12.4 Å². The van der Waals surface area contributed by atoms with E-state index in [0.29, 0.717) is 17.5 Å². The molecular weight excluding hydrogens is 217 g/mol. The number of nitrogens with one attached hydrogen (secondary N) is 1. The summed E-state index contributed by atoms with van der Waals surface area (Å²) < 4.78 is 18.7. The minimum atomic E-state index is -0.209. The van der Waals surface area contributed by atoms with Gasteiger partial charge in [-0.05, 0) is 36.8 Å². The first-order valence-corrected chi connectivity index (χ1v) is 6.20. The fourth-order valence-corrected chi connectivity index (χ4v) is 2.29. The maximum absolute atomic E-state index is 13.6. The highest BCUT2D eigenvalue weighted by atomic mass is 19.1. The molecule has 1 saturated carbocycles. The van der Waals surface area contributed by atoms with Crippen LogP contribution in [0.3, 0.4) is 0 Å². The number of benzene rings is 1. The zero-order valence-corrected chi connectivity index (χ0v) is 10.7. The number of hydrogen-bond donors (Lipinski definition) is 1. The van der Waals surface area contributed by atoms with Crippen molar-refractivity contribution in [3.05, 3.63) is 24.0 Å². The molecule has 1 N–H and O–H groups in total. The van der Waals surface area contributed by atoms with E-state index in [2.05, 4.69) is 19.2 Å². The van der Waals surface area contributed by atoms with E-state index in [1.54, 1.807) is 19.2 Å². The minimum Gasteiger partial charge on any atom is -0.497 e. The number of halogens is 1. The molecule has 0 aromatic heterocycles. The Labute approximate surface area is 102 Å². The standard InChI is InChI=1S/C14H20FNO/c1-9(2)10-6-11(7-10)16-14-8-12(17-3)4-5-13(14)15/h4-5,8-11,16H,6-7H2,1-3H3. The molecule has 1 aliphatic carbocycles. The third-order valence-electron chi connectivity index (χ3n) is 3.65. The van der Waals surface area contributed by atoms with Crippen molar-refractivity contribution in [1.82, 2.24) is 0 Å². The van der Waals surface area contributed by atoms with Crippen LogP contribution in [-0.2, 0) is 0 Å². The van der Waals surface area contributed by atoms with E-state index >= 15 is 0 Å². The van der Waals surface area contributed by atoms with Crippen molar-refractivity contribution in [1.29, 1.82) is 0 Å². The topological polar surface area (TPSA) is 21.3 Å². The smallest absolute Gasteiger partial charge is 0.146 e. The molecule has 17 heavy (non-hydrogen) atoms. The van der Waals surface area contributed by atoms with E-state index in [-0.39, 0.29) is 5.82 Å². The molecule has 2 rings (SSSR count). The summed E-state index contributed by atoms with van der Waals surface area (Å²) in [5, 5.41) is 3.25. The molecule has 0 aliphatic heterocycles. The molecule has 0 heterocycles. The summed E-state index contributed by atoms with van der Waals surface area (Å²) in [7, 11) is 1.59. The van der Waals surface area contributed by atoms with E-state index in [1.807, 2.05) is 0 Å². The van der Waals surface area contributed by atoms with Gasteiger partial charge in [-0.15, -0.1) is 0 Å². The summed E-state index contributed by atoms with van der Waals surface area (Å²) >= 11 is 0. The number of methoxy groups -OCH3 is 1. The molecule has 0 amide bonds. The molecule has 94 valence electrons. The highest BCUT2D eigenvalue weighted by molar-refractivity contribution is 5.50. The molecule has 3 heteroatoms. The van der Waals surface area contributed by atoms with Gasteiger partial charge in [-0.3, -0.25) is 0 Å². The zero-order valence-electron chi connectivity index (χ0n) is 10.7. The lowest BCUT2D eigenvalue weighted by Gasteiger charge is -2.39. The SMILES string of the molecule is COc1ccc(F)c(NC2CC(C(C)C)C2)c1. The van der Waals surface area contributed by atoms with E-state index in [0.717, 1.165) is 24.7 Å². The van der Waals surface area contributed by atoms with Gasteiger partial charge in [0.1, 0.15) is 11.6 Å². The van der Waals surface area contributed by atoms with Crippen LogP contribution in [0.2, 0.25) is 0 Å². The largest absolute Gasteiger partial charge is 0.497 e. The predicted octanol–water partition coefficient (Wildman–Crippen LogP) is 3.68. The second-order valence-electron chi connectivity index (χ2n) is 5.16. The third kappa shape index (κ3) is 2.71. The maximum Gasteiger partial charge on any atom is 0.146 e. The minimum absolute atomic E-state index is 0.209.